The van der Waals surface area contributed by atoms with Gasteiger partial charge in [-0.3, -0.25) is 0 Å². The summed E-state index contributed by atoms with van der Waals surface area (Å²) in [6.45, 7) is 5.62. The second-order valence-corrected chi connectivity index (χ2v) is 5.70. The summed E-state index contributed by atoms with van der Waals surface area (Å²) in [6.07, 6.45) is 3.62. The van der Waals surface area contributed by atoms with E-state index in [0.717, 1.165) is 24.4 Å². The van der Waals surface area contributed by atoms with Crippen LogP contribution in [0.4, 0.5) is 0 Å². The number of para-hydroxylation sites is 1. The Bertz CT molecular complexity index is 394. The van der Waals surface area contributed by atoms with E-state index < -0.39 is 0 Å². The highest BCUT2D eigenvalue weighted by Gasteiger charge is 2.19. The van der Waals surface area contributed by atoms with E-state index in [2.05, 4.69) is 24.2 Å². The molecule has 2 atom stereocenters. The van der Waals surface area contributed by atoms with Crippen molar-refractivity contribution < 1.29 is 5.11 Å². The smallest absolute Gasteiger partial charge is 0.120 e. The molecule has 1 aliphatic heterocycles. The fraction of sp³-hybridized carbons (Fsp3) is 0.625. The first kappa shape index (κ1) is 14.4. The van der Waals surface area contributed by atoms with Gasteiger partial charge in [0.1, 0.15) is 5.75 Å². The second kappa shape index (κ2) is 6.92. The van der Waals surface area contributed by atoms with E-state index in [1.54, 1.807) is 6.07 Å². The zero-order chi connectivity index (χ0) is 13.7. The first-order valence-electron chi connectivity index (χ1n) is 7.40. The number of nitrogens with zero attached hydrogens (tertiary/aromatic N) is 1. The van der Waals surface area contributed by atoms with E-state index in [4.69, 9.17) is 0 Å². The molecule has 106 valence electrons. The molecule has 1 fully saturated rings. The molecule has 19 heavy (non-hydrogen) atoms. The summed E-state index contributed by atoms with van der Waals surface area (Å²) in [7, 11) is 2.20. The van der Waals surface area contributed by atoms with Gasteiger partial charge < -0.3 is 15.3 Å². The molecule has 2 N–H and O–H groups in total. The lowest BCUT2D eigenvalue weighted by Gasteiger charge is -2.31. The predicted molar refractivity (Wildman–Crippen MR) is 79.4 cm³/mol. The Morgan fingerprint density at radius 1 is 1.42 bits per heavy atom. The van der Waals surface area contributed by atoms with Crippen LogP contribution in [0.15, 0.2) is 24.3 Å². The third-order valence-corrected chi connectivity index (χ3v) is 4.10. The Morgan fingerprint density at radius 3 is 2.89 bits per heavy atom. The van der Waals surface area contributed by atoms with Crippen molar-refractivity contribution >= 4 is 0 Å². The first-order valence-corrected chi connectivity index (χ1v) is 7.40. The van der Waals surface area contributed by atoms with Gasteiger partial charge in [0.2, 0.25) is 0 Å². The molecule has 3 nitrogen and oxygen atoms in total. The van der Waals surface area contributed by atoms with Gasteiger partial charge in [-0.05, 0) is 51.4 Å². The minimum absolute atomic E-state index is 0.258. The average molecular weight is 262 g/mol. The average Bonchev–Trinajstić information content (AvgIpc) is 2.41. The van der Waals surface area contributed by atoms with Crippen LogP contribution in [0.2, 0.25) is 0 Å². The number of piperidine rings is 1. The standard InChI is InChI=1S/C16H26N2O/c1-3-15(14-8-4-5-9-16(14)19)17-11-13-7-6-10-18(2)12-13/h4-5,8-9,13,15,17,19H,3,6-7,10-12H2,1-2H3. The topological polar surface area (TPSA) is 35.5 Å². The summed E-state index contributed by atoms with van der Waals surface area (Å²) in [5.74, 6) is 1.14. The number of hydrogen-bond acceptors (Lipinski definition) is 3. The van der Waals surface area contributed by atoms with Crippen LogP contribution in [-0.2, 0) is 0 Å². The van der Waals surface area contributed by atoms with Gasteiger partial charge in [0.05, 0.1) is 0 Å². The Kier molecular flexibility index (Phi) is 5.23. The fourth-order valence-corrected chi connectivity index (χ4v) is 3.01. The van der Waals surface area contributed by atoms with Crippen molar-refractivity contribution in [3.63, 3.8) is 0 Å². The molecular weight excluding hydrogens is 236 g/mol. The molecule has 1 heterocycles. The van der Waals surface area contributed by atoms with Gasteiger partial charge in [0, 0.05) is 18.2 Å². The summed E-state index contributed by atoms with van der Waals surface area (Å²) in [4.78, 5) is 2.41. The van der Waals surface area contributed by atoms with Crippen molar-refractivity contribution in [1.82, 2.24) is 10.2 Å². The second-order valence-electron chi connectivity index (χ2n) is 5.70. The number of benzene rings is 1. The SMILES string of the molecule is CCC(NCC1CCCN(C)C1)c1ccccc1O. The largest absolute Gasteiger partial charge is 0.508 e. The van der Waals surface area contributed by atoms with Gasteiger partial charge in [-0.15, -0.1) is 0 Å². The number of phenolic OH excluding ortho intramolecular Hbond substituents is 1. The number of likely N-dealkylation sites (tertiary alicyclic amines) is 1. The summed E-state index contributed by atoms with van der Waals surface area (Å²) in [6, 6.07) is 7.92. The zero-order valence-corrected chi connectivity index (χ0v) is 12.1. The Balaban J connectivity index is 1.91. The van der Waals surface area contributed by atoms with Crippen LogP contribution in [0, 0.1) is 5.92 Å². The van der Waals surface area contributed by atoms with Gasteiger partial charge in [-0.2, -0.15) is 0 Å². The molecule has 0 aromatic heterocycles. The Morgan fingerprint density at radius 2 is 2.21 bits per heavy atom. The molecule has 0 radical (unpaired) electrons. The van der Waals surface area contributed by atoms with Gasteiger partial charge in [-0.1, -0.05) is 25.1 Å². The molecule has 1 aromatic carbocycles. The third kappa shape index (κ3) is 3.95. The van der Waals surface area contributed by atoms with Crippen LogP contribution in [0.1, 0.15) is 37.8 Å². The maximum Gasteiger partial charge on any atom is 0.120 e. The lowest BCUT2D eigenvalue weighted by molar-refractivity contribution is 0.202. The van der Waals surface area contributed by atoms with Crippen LogP contribution in [0.5, 0.6) is 5.75 Å². The summed E-state index contributed by atoms with van der Waals surface area (Å²) in [5, 5.41) is 13.6. The van der Waals surface area contributed by atoms with E-state index in [0.29, 0.717) is 5.75 Å². The highest BCUT2D eigenvalue weighted by molar-refractivity contribution is 5.34. The summed E-state index contributed by atoms with van der Waals surface area (Å²) >= 11 is 0. The van der Waals surface area contributed by atoms with Gasteiger partial charge in [-0.25, -0.2) is 0 Å². The first-order chi connectivity index (χ1) is 9.20. The molecule has 1 aromatic rings. The lowest BCUT2D eigenvalue weighted by Crippen LogP contribution is -2.38. The van der Waals surface area contributed by atoms with Crippen LogP contribution in [0.25, 0.3) is 0 Å². The van der Waals surface area contributed by atoms with E-state index in [9.17, 15) is 5.11 Å². The molecular formula is C16H26N2O. The highest BCUT2D eigenvalue weighted by atomic mass is 16.3. The van der Waals surface area contributed by atoms with E-state index in [1.165, 1.54) is 25.9 Å². The summed E-state index contributed by atoms with van der Waals surface area (Å²) < 4.78 is 0. The number of hydrogen-bond donors (Lipinski definition) is 2. The molecule has 3 heteroatoms. The number of nitrogens with one attached hydrogen (secondary N) is 1. The molecule has 0 spiro atoms. The molecule has 1 aliphatic rings. The van der Waals surface area contributed by atoms with Crippen molar-refractivity contribution in [3.8, 4) is 5.75 Å². The van der Waals surface area contributed by atoms with Crippen LogP contribution < -0.4 is 5.32 Å². The van der Waals surface area contributed by atoms with Crippen molar-refractivity contribution in [2.45, 2.75) is 32.2 Å². The number of aromatic hydroxyl groups is 1. The predicted octanol–water partition coefficient (Wildman–Crippen LogP) is 2.77. The van der Waals surface area contributed by atoms with Crippen LogP contribution >= 0.6 is 0 Å². The monoisotopic (exact) mass is 262 g/mol. The fourth-order valence-electron chi connectivity index (χ4n) is 3.01. The molecule has 2 rings (SSSR count). The van der Waals surface area contributed by atoms with Crippen molar-refractivity contribution in [1.29, 1.82) is 0 Å². The minimum Gasteiger partial charge on any atom is -0.508 e. The zero-order valence-electron chi connectivity index (χ0n) is 12.1. The quantitative estimate of drug-likeness (QED) is 0.856. The lowest BCUT2D eigenvalue weighted by atomic mass is 9.97. The minimum atomic E-state index is 0.258. The maximum atomic E-state index is 9.94. The Hall–Kier alpha value is -1.06. The molecule has 0 bridgehead atoms. The van der Waals surface area contributed by atoms with E-state index in [-0.39, 0.29) is 6.04 Å². The van der Waals surface area contributed by atoms with E-state index >= 15 is 0 Å². The van der Waals surface area contributed by atoms with Crippen molar-refractivity contribution in [3.05, 3.63) is 29.8 Å². The van der Waals surface area contributed by atoms with Crippen LogP contribution in [-0.4, -0.2) is 36.7 Å². The molecule has 2 unspecified atom stereocenters. The molecule has 0 saturated carbocycles. The molecule has 1 saturated heterocycles. The third-order valence-electron chi connectivity index (χ3n) is 4.10. The maximum absolute atomic E-state index is 9.94. The van der Waals surface area contributed by atoms with Gasteiger partial charge >= 0.3 is 0 Å². The van der Waals surface area contributed by atoms with Crippen molar-refractivity contribution in [2.75, 3.05) is 26.7 Å². The van der Waals surface area contributed by atoms with E-state index in [1.807, 2.05) is 18.2 Å². The van der Waals surface area contributed by atoms with Gasteiger partial charge in [0.15, 0.2) is 0 Å². The Labute approximate surface area is 116 Å². The van der Waals surface area contributed by atoms with Crippen molar-refractivity contribution in [2.24, 2.45) is 5.92 Å². The summed E-state index contributed by atoms with van der Waals surface area (Å²) in [5.41, 5.74) is 1.02. The van der Waals surface area contributed by atoms with Crippen LogP contribution in [0.3, 0.4) is 0 Å². The number of rotatable bonds is 5. The molecule has 0 amide bonds. The van der Waals surface area contributed by atoms with Gasteiger partial charge in [0.25, 0.3) is 0 Å². The number of phenols is 1. The molecule has 0 aliphatic carbocycles. The normalized spacial score (nSPS) is 22.3. The highest BCUT2D eigenvalue weighted by Crippen LogP contribution is 2.26.